The van der Waals surface area contributed by atoms with Crippen LogP contribution < -0.4 is 10.9 Å². The Morgan fingerprint density at radius 2 is 2.36 bits per heavy atom. The molecule has 0 saturated carbocycles. The van der Waals surface area contributed by atoms with Gasteiger partial charge >= 0.3 is 6.11 Å². The highest BCUT2D eigenvalue weighted by molar-refractivity contribution is 4.78. The van der Waals surface area contributed by atoms with E-state index >= 15 is 0 Å². The number of allylic oxidation sites excluding steroid dienone is 1. The summed E-state index contributed by atoms with van der Waals surface area (Å²) < 4.78 is 28.6. The van der Waals surface area contributed by atoms with Crippen LogP contribution >= 0.6 is 0 Å². The van der Waals surface area contributed by atoms with Crippen LogP contribution in [0.2, 0.25) is 0 Å². The maximum atomic E-state index is 12.2. The van der Waals surface area contributed by atoms with Crippen molar-refractivity contribution in [3.8, 4) is 0 Å². The molecule has 4 nitrogen and oxygen atoms in total. The number of hydrogen-bond acceptors (Lipinski definition) is 4. The predicted octanol–water partition coefficient (Wildman–Crippen LogP) is 0.704. The summed E-state index contributed by atoms with van der Waals surface area (Å²) in [5.74, 6) is 0. The SMILES string of the molecule is CC=CNNC(O)CC1CC(F)(F)O1. The Balaban J connectivity index is 2.07. The maximum Gasteiger partial charge on any atom is 0.358 e. The molecule has 6 heteroatoms. The third-order valence-electron chi connectivity index (χ3n) is 1.79. The Labute approximate surface area is 80.9 Å². The summed E-state index contributed by atoms with van der Waals surface area (Å²) in [5.41, 5.74) is 5.09. The summed E-state index contributed by atoms with van der Waals surface area (Å²) in [5, 5.41) is 9.25. The van der Waals surface area contributed by atoms with Crippen LogP contribution in [0.4, 0.5) is 8.78 Å². The first-order valence-corrected chi connectivity index (χ1v) is 4.39. The fourth-order valence-corrected chi connectivity index (χ4v) is 1.17. The largest absolute Gasteiger partial charge is 0.377 e. The molecule has 82 valence electrons. The minimum Gasteiger partial charge on any atom is -0.377 e. The van der Waals surface area contributed by atoms with Crippen molar-refractivity contribution in [3.05, 3.63) is 12.3 Å². The number of aliphatic hydroxyl groups is 1. The van der Waals surface area contributed by atoms with Gasteiger partial charge in [0.25, 0.3) is 0 Å². The molecule has 3 N–H and O–H groups in total. The van der Waals surface area contributed by atoms with Crippen LogP contribution in [-0.2, 0) is 4.74 Å². The minimum absolute atomic E-state index is 0.139. The van der Waals surface area contributed by atoms with Crippen LogP contribution in [0, 0.1) is 0 Å². The predicted molar refractivity (Wildman–Crippen MR) is 46.1 cm³/mol. The first-order chi connectivity index (χ1) is 6.53. The molecule has 0 aromatic heterocycles. The van der Waals surface area contributed by atoms with Crippen molar-refractivity contribution in [1.82, 2.24) is 10.9 Å². The van der Waals surface area contributed by atoms with Gasteiger partial charge in [-0.3, -0.25) is 0 Å². The van der Waals surface area contributed by atoms with E-state index in [-0.39, 0.29) is 12.8 Å². The molecule has 0 aromatic carbocycles. The van der Waals surface area contributed by atoms with E-state index in [1.807, 2.05) is 0 Å². The molecule has 14 heavy (non-hydrogen) atoms. The van der Waals surface area contributed by atoms with Crippen molar-refractivity contribution in [2.45, 2.75) is 38.2 Å². The second kappa shape index (κ2) is 4.68. The van der Waals surface area contributed by atoms with Gasteiger partial charge in [-0.05, 0) is 6.92 Å². The molecule has 1 saturated heterocycles. The van der Waals surface area contributed by atoms with Gasteiger partial charge in [0.05, 0.1) is 12.5 Å². The summed E-state index contributed by atoms with van der Waals surface area (Å²) in [4.78, 5) is 0. The van der Waals surface area contributed by atoms with E-state index in [9.17, 15) is 13.9 Å². The van der Waals surface area contributed by atoms with Crippen molar-refractivity contribution < 1.29 is 18.6 Å². The molecule has 1 fully saturated rings. The highest BCUT2D eigenvalue weighted by Crippen LogP contribution is 2.37. The molecule has 1 aliphatic rings. The van der Waals surface area contributed by atoms with Gasteiger partial charge in [0, 0.05) is 12.6 Å². The van der Waals surface area contributed by atoms with Crippen molar-refractivity contribution in [2.24, 2.45) is 0 Å². The standard InChI is InChI=1S/C8H14F2N2O2/c1-2-3-11-12-7(13)4-6-5-8(9,10)14-6/h2-3,6-7,11-13H,4-5H2,1H3. The van der Waals surface area contributed by atoms with E-state index in [0.717, 1.165) is 0 Å². The lowest BCUT2D eigenvalue weighted by atomic mass is 10.1. The number of nitrogens with one attached hydrogen (secondary N) is 2. The Morgan fingerprint density at radius 3 is 2.86 bits per heavy atom. The smallest absolute Gasteiger partial charge is 0.358 e. The normalized spacial score (nSPS) is 27.3. The Bertz CT molecular complexity index is 204. The van der Waals surface area contributed by atoms with Crippen molar-refractivity contribution in [3.63, 3.8) is 0 Å². The van der Waals surface area contributed by atoms with Gasteiger partial charge in [0.1, 0.15) is 6.23 Å². The van der Waals surface area contributed by atoms with Gasteiger partial charge in [0.2, 0.25) is 0 Å². The second-order valence-electron chi connectivity index (χ2n) is 3.12. The molecule has 0 bridgehead atoms. The Morgan fingerprint density at radius 1 is 1.71 bits per heavy atom. The zero-order valence-corrected chi connectivity index (χ0v) is 7.84. The summed E-state index contributed by atoms with van der Waals surface area (Å²) >= 11 is 0. The molecule has 0 amide bonds. The van der Waals surface area contributed by atoms with E-state index in [2.05, 4.69) is 15.6 Å². The van der Waals surface area contributed by atoms with Crippen LogP contribution in [0.25, 0.3) is 0 Å². The molecule has 0 spiro atoms. The minimum atomic E-state index is -3.00. The van der Waals surface area contributed by atoms with E-state index in [0.29, 0.717) is 0 Å². The quantitative estimate of drug-likeness (QED) is 0.460. The highest BCUT2D eigenvalue weighted by atomic mass is 19.3. The molecule has 2 atom stereocenters. The third kappa shape index (κ3) is 3.57. The van der Waals surface area contributed by atoms with Gasteiger partial charge in [0.15, 0.2) is 0 Å². The number of hydrazine groups is 1. The monoisotopic (exact) mass is 208 g/mol. The molecular formula is C8H14F2N2O2. The molecule has 0 radical (unpaired) electrons. The van der Waals surface area contributed by atoms with E-state index < -0.39 is 18.4 Å². The third-order valence-corrected chi connectivity index (χ3v) is 1.79. The van der Waals surface area contributed by atoms with Crippen LogP contribution in [0.5, 0.6) is 0 Å². The Hall–Kier alpha value is -0.720. The average Bonchev–Trinajstić information content (AvgIpc) is 2.01. The Kier molecular flexibility index (Phi) is 3.79. The number of hydrogen-bond donors (Lipinski definition) is 3. The highest BCUT2D eigenvalue weighted by Gasteiger charge is 2.47. The molecule has 0 aliphatic carbocycles. The number of aliphatic hydroxyl groups excluding tert-OH is 1. The molecule has 1 heterocycles. The maximum absolute atomic E-state index is 12.2. The molecule has 0 aromatic rings. The van der Waals surface area contributed by atoms with Crippen molar-refractivity contribution in [2.75, 3.05) is 0 Å². The van der Waals surface area contributed by atoms with Gasteiger partial charge in [-0.15, -0.1) is 0 Å². The van der Waals surface area contributed by atoms with Crippen molar-refractivity contribution in [1.29, 1.82) is 0 Å². The zero-order valence-electron chi connectivity index (χ0n) is 7.84. The summed E-state index contributed by atoms with van der Waals surface area (Å²) in [6.07, 6.45) is -1.34. The first-order valence-electron chi connectivity index (χ1n) is 4.39. The second-order valence-corrected chi connectivity index (χ2v) is 3.12. The van der Waals surface area contributed by atoms with Gasteiger partial charge in [-0.1, -0.05) is 6.08 Å². The van der Waals surface area contributed by atoms with Crippen molar-refractivity contribution >= 4 is 0 Å². The van der Waals surface area contributed by atoms with E-state index in [1.54, 1.807) is 19.2 Å². The van der Waals surface area contributed by atoms with Gasteiger partial charge in [-0.25, -0.2) is 5.43 Å². The van der Waals surface area contributed by atoms with E-state index in [1.165, 1.54) is 0 Å². The van der Waals surface area contributed by atoms with Crippen LogP contribution in [0.15, 0.2) is 12.3 Å². The zero-order chi connectivity index (χ0) is 10.6. The molecular weight excluding hydrogens is 194 g/mol. The molecule has 1 rings (SSSR count). The number of alkyl halides is 2. The molecule has 1 aliphatic heterocycles. The van der Waals surface area contributed by atoms with Crippen LogP contribution in [0.3, 0.4) is 0 Å². The lowest BCUT2D eigenvalue weighted by molar-refractivity contribution is -0.354. The van der Waals surface area contributed by atoms with Crippen LogP contribution in [-0.4, -0.2) is 23.5 Å². The number of ether oxygens (including phenoxy) is 1. The number of rotatable bonds is 5. The summed E-state index contributed by atoms with van der Waals surface area (Å²) in [6, 6.07) is 0. The summed E-state index contributed by atoms with van der Waals surface area (Å²) in [6.45, 7) is 1.80. The topological polar surface area (TPSA) is 53.5 Å². The lowest BCUT2D eigenvalue weighted by Crippen LogP contribution is -2.48. The number of halogens is 2. The average molecular weight is 208 g/mol. The van der Waals surface area contributed by atoms with Gasteiger partial charge < -0.3 is 15.3 Å². The first kappa shape index (κ1) is 11.4. The lowest BCUT2D eigenvalue weighted by Gasteiger charge is -2.36. The van der Waals surface area contributed by atoms with Crippen LogP contribution in [0.1, 0.15) is 19.8 Å². The molecule has 2 unspecified atom stereocenters. The van der Waals surface area contributed by atoms with Gasteiger partial charge in [-0.2, -0.15) is 8.78 Å². The van der Waals surface area contributed by atoms with E-state index in [4.69, 9.17) is 0 Å². The fraction of sp³-hybridized carbons (Fsp3) is 0.750. The summed E-state index contributed by atoms with van der Waals surface area (Å²) in [7, 11) is 0. The fourth-order valence-electron chi connectivity index (χ4n) is 1.17.